The van der Waals surface area contributed by atoms with Crippen molar-refractivity contribution >= 4 is 26.0 Å². The zero-order chi connectivity index (χ0) is 13.8. The Balaban J connectivity index is 2.91. The number of sulfonamides is 1. The molecule has 102 valence electrons. The van der Waals surface area contributed by atoms with Gasteiger partial charge in [0.2, 0.25) is 10.0 Å². The average Bonchev–Trinajstić information content (AvgIpc) is 2.35. The van der Waals surface area contributed by atoms with Gasteiger partial charge in [-0.25, -0.2) is 13.1 Å². The maximum Gasteiger partial charge on any atom is 0.240 e. The number of aliphatic hydroxyl groups is 1. The highest BCUT2D eigenvalue weighted by atomic mass is 79.9. The van der Waals surface area contributed by atoms with Gasteiger partial charge in [0.15, 0.2) is 0 Å². The van der Waals surface area contributed by atoms with E-state index in [4.69, 9.17) is 5.11 Å². The van der Waals surface area contributed by atoms with Crippen LogP contribution in [-0.2, 0) is 15.4 Å². The smallest absolute Gasteiger partial charge is 0.240 e. The summed E-state index contributed by atoms with van der Waals surface area (Å²) < 4.78 is 26.6. The molecule has 0 unspecified atom stereocenters. The number of halogens is 1. The van der Waals surface area contributed by atoms with Crippen LogP contribution >= 0.6 is 15.9 Å². The SMILES string of the molecule is CC(C)[C@@H](CO)NS(=O)(=O)c1ccc(CBr)cc1. The van der Waals surface area contributed by atoms with Gasteiger partial charge < -0.3 is 5.11 Å². The minimum Gasteiger partial charge on any atom is -0.395 e. The summed E-state index contributed by atoms with van der Waals surface area (Å²) >= 11 is 3.30. The molecule has 0 aliphatic heterocycles. The largest absolute Gasteiger partial charge is 0.395 e. The topological polar surface area (TPSA) is 66.4 Å². The maximum atomic E-state index is 12.1. The van der Waals surface area contributed by atoms with Crippen molar-refractivity contribution in [3.63, 3.8) is 0 Å². The molecule has 0 amide bonds. The monoisotopic (exact) mass is 335 g/mol. The number of alkyl halides is 1. The standard InChI is InChI=1S/C12H18BrNO3S/c1-9(2)12(8-15)14-18(16,17)11-5-3-10(7-13)4-6-11/h3-6,9,12,14-15H,7-8H2,1-2H3/t12-/m1/s1. The van der Waals surface area contributed by atoms with E-state index in [9.17, 15) is 8.42 Å². The minimum absolute atomic E-state index is 0.0339. The second kappa shape index (κ2) is 6.65. The van der Waals surface area contributed by atoms with Crippen molar-refractivity contribution in [1.29, 1.82) is 0 Å². The molecule has 0 radical (unpaired) electrons. The third-order valence-corrected chi connectivity index (χ3v) is 4.85. The van der Waals surface area contributed by atoms with Crippen molar-refractivity contribution in [2.45, 2.75) is 30.1 Å². The van der Waals surface area contributed by atoms with Crippen LogP contribution in [0, 0.1) is 5.92 Å². The highest BCUT2D eigenvalue weighted by Gasteiger charge is 2.21. The van der Waals surface area contributed by atoms with Gasteiger partial charge >= 0.3 is 0 Å². The van der Waals surface area contributed by atoms with E-state index in [-0.39, 0.29) is 17.4 Å². The summed E-state index contributed by atoms with van der Waals surface area (Å²) in [6, 6.07) is 6.17. The zero-order valence-electron chi connectivity index (χ0n) is 10.4. The van der Waals surface area contributed by atoms with Crippen LogP contribution in [0.1, 0.15) is 19.4 Å². The molecule has 18 heavy (non-hydrogen) atoms. The molecule has 2 N–H and O–H groups in total. The van der Waals surface area contributed by atoms with Gasteiger partial charge in [-0.05, 0) is 23.6 Å². The van der Waals surface area contributed by atoms with E-state index in [0.29, 0.717) is 5.33 Å². The van der Waals surface area contributed by atoms with E-state index >= 15 is 0 Å². The molecule has 0 bridgehead atoms. The molecule has 0 fully saturated rings. The van der Waals surface area contributed by atoms with Gasteiger partial charge in [-0.2, -0.15) is 0 Å². The average molecular weight is 336 g/mol. The molecular weight excluding hydrogens is 318 g/mol. The number of benzene rings is 1. The van der Waals surface area contributed by atoms with Crippen molar-refractivity contribution in [1.82, 2.24) is 4.72 Å². The van der Waals surface area contributed by atoms with Crippen LogP contribution in [0.25, 0.3) is 0 Å². The predicted molar refractivity (Wildman–Crippen MR) is 75.1 cm³/mol. The Labute approximate surface area is 117 Å². The molecule has 1 rings (SSSR count). The fraction of sp³-hybridized carbons (Fsp3) is 0.500. The van der Waals surface area contributed by atoms with E-state index in [0.717, 1.165) is 5.56 Å². The summed E-state index contributed by atoms with van der Waals surface area (Å²) in [5.74, 6) is 0.0339. The van der Waals surface area contributed by atoms with Crippen molar-refractivity contribution in [2.75, 3.05) is 6.61 Å². The summed E-state index contributed by atoms with van der Waals surface area (Å²) in [4.78, 5) is 0.214. The molecule has 0 heterocycles. The molecule has 0 saturated heterocycles. The minimum atomic E-state index is -3.57. The number of rotatable bonds is 6. The van der Waals surface area contributed by atoms with Crippen LogP contribution in [0.15, 0.2) is 29.2 Å². The zero-order valence-corrected chi connectivity index (χ0v) is 12.8. The molecule has 1 atom stereocenters. The first-order valence-electron chi connectivity index (χ1n) is 5.68. The Kier molecular flexibility index (Phi) is 5.78. The lowest BCUT2D eigenvalue weighted by Gasteiger charge is -2.19. The highest BCUT2D eigenvalue weighted by molar-refractivity contribution is 9.08. The lowest BCUT2D eigenvalue weighted by Crippen LogP contribution is -2.41. The normalized spacial score (nSPS) is 13.8. The maximum absolute atomic E-state index is 12.1. The van der Waals surface area contributed by atoms with Crippen molar-refractivity contribution in [3.05, 3.63) is 29.8 Å². The molecule has 6 heteroatoms. The predicted octanol–water partition coefficient (Wildman–Crippen LogP) is 1.88. The Morgan fingerprint density at radius 3 is 2.22 bits per heavy atom. The van der Waals surface area contributed by atoms with Gasteiger partial charge in [0.05, 0.1) is 11.5 Å². The Morgan fingerprint density at radius 1 is 1.28 bits per heavy atom. The first-order chi connectivity index (χ1) is 8.40. The van der Waals surface area contributed by atoms with Gasteiger partial charge in [-0.3, -0.25) is 0 Å². The lowest BCUT2D eigenvalue weighted by atomic mass is 10.1. The van der Waals surface area contributed by atoms with E-state index in [2.05, 4.69) is 20.7 Å². The quantitative estimate of drug-likeness (QED) is 0.780. The fourth-order valence-corrected chi connectivity index (χ4v) is 3.16. The van der Waals surface area contributed by atoms with Gasteiger partial charge in [-0.1, -0.05) is 41.9 Å². The Morgan fingerprint density at radius 2 is 1.83 bits per heavy atom. The van der Waals surface area contributed by atoms with Crippen LogP contribution < -0.4 is 4.72 Å². The first kappa shape index (κ1) is 15.6. The van der Waals surface area contributed by atoms with Gasteiger partial charge in [0, 0.05) is 11.4 Å². The highest BCUT2D eigenvalue weighted by Crippen LogP contribution is 2.14. The van der Waals surface area contributed by atoms with Crippen molar-refractivity contribution in [2.24, 2.45) is 5.92 Å². The molecule has 0 aliphatic rings. The van der Waals surface area contributed by atoms with Gasteiger partial charge in [-0.15, -0.1) is 0 Å². The van der Waals surface area contributed by atoms with Crippen LogP contribution in [0.3, 0.4) is 0 Å². The number of aliphatic hydroxyl groups excluding tert-OH is 1. The van der Waals surface area contributed by atoms with Gasteiger partial charge in [0.1, 0.15) is 0 Å². The third kappa shape index (κ3) is 4.05. The number of hydrogen-bond donors (Lipinski definition) is 2. The van der Waals surface area contributed by atoms with Crippen LogP contribution in [0.5, 0.6) is 0 Å². The van der Waals surface area contributed by atoms with E-state index in [1.807, 2.05) is 13.8 Å². The molecule has 1 aromatic carbocycles. The van der Waals surface area contributed by atoms with Crippen molar-refractivity contribution in [3.8, 4) is 0 Å². The summed E-state index contributed by atoms with van der Waals surface area (Å²) in [6.07, 6.45) is 0. The van der Waals surface area contributed by atoms with E-state index in [1.165, 1.54) is 0 Å². The molecular formula is C12H18BrNO3S. The second-order valence-electron chi connectivity index (χ2n) is 4.43. The molecule has 0 saturated carbocycles. The Hall–Kier alpha value is -0.430. The fourth-order valence-electron chi connectivity index (χ4n) is 1.41. The van der Waals surface area contributed by atoms with Gasteiger partial charge in [0.25, 0.3) is 0 Å². The summed E-state index contributed by atoms with van der Waals surface area (Å²) in [5, 5.41) is 9.84. The summed E-state index contributed by atoms with van der Waals surface area (Å²) in [6.45, 7) is 3.51. The third-order valence-electron chi connectivity index (χ3n) is 2.70. The van der Waals surface area contributed by atoms with Crippen LogP contribution in [0.4, 0.5) is 0 Å². The summed E-state index contributed by atoms with van der Waals surface area (Å²) in [7, 11) is -3.57. The van der Waals surface area contributed by atoms with Crippen LogP contribution in [0.2, 0.25) is 0 Å². The summed E-state index contributed by atoms with van der Waals surface area (Å²) in [5.41, 5.74) is 1.01. The van der Waals surface area contributed by atoms with E-state index in [1.54, 1.807) is 24.3 Å². The van der Waals surface area contributed by atoms with E-state index < -0.39 is 16.1 Å². The Bertz CT molecular complexity index is 471. The van der Waals surface area contributed by atoms with Crippen molar-refractivity contribution < 1.29 is 13.5 Å². The number of nitrogens with one attached hydrogen (secondary N) is 1. The molecule has 0 aromatic heterocycles. The molecule has 4 nitrogen and oxygen atoms in total. The first-order valence-corrected chi connectivity index (χ1v) is 8.29. The molecule has 1 aromatic rings. The number of hydrogen-bond acceptors (Lipinski definition) is 3. The molecule has 0 aliphatic carbocycles. The second-order valence-corrected chi connectivity index (χ2v) is 6.71. The lowest BCUT2D eigenvalue weighted by molar-refractivity contribution is 0.227. The van der Waals surface area contributed by atoms with Crippen LogP contribution in [-0.4, -0.2) is 26.2 Å². The molecule has 0 spiro atoms.